The molecule has 0 spiro atoms. The molecule has 2 nitrogen and oxygen atoms in total. The zero-order valence-corrected chi connectivity index (χ0v) is 18.8. The van der Waals surface area contributed by atoms with E-state index in [9.17, 15) is 0 Å². The normalized spacial score (nSPS) is 27.2. The fourth-order valence-corrected chi connectivity index (χ4v) is 5.26. The van der Waals surface area contributed by atoms with Gasteiger partial charge in [0, 0.05) is 29.9 Å². The summed E-state index contributed by atoms with van der Waals surface area (Å²) in [7, 11) is 1.33. The van der Waals surface area contributed by atoms with Gasteiger partial charge in [-0.2, -0.15) is 0 Å². The Kier molecular flexibility index (Phi) is 6.94. The predicted molar refractivity (Wildman–Crippen MR) is 115 cm³/mol. The maximum atomic E-state index is 5.94. The van der Waals surface area contributed by atoms with Gasteiger partial charge in [-0.15, -0.1) is 0 Å². The number of nitrogens with zero attached hydrogens (tertiary/aromatic N) is 2. The summed E-state index contributed by atoms with van der Waals surface area (Å²) >= 11 is 5.94. The van der Waals surface area contributed by atoms with E-state index < -0.39 is 0 Å². The fourth-order valence-electron chi connectivity index (χ4n) is 4.40. The van der Waals surface area contributed by atoms with Crippen LogP contribution in [-0.4, -0.2) is 44.8 Å². The van der Waals surface area contributed by atoms with Crippen LogP contribution < -0.4 is 0 Å². The lowest BCUT2D eigenvalue weighted by Crippen LogP contribution is -2.37. The van der Waals surface area contributed by atoms with E-state index in [1.54, 1.807) is 0 Å². The van der Waals surface area contributed by atoms with Gasteiger partial charge in [-0.05, 0) is 48.9 Å². The predicted octanol–water partition coefficient (Wildman–Crippen LogP) is 4.02. The summed E-state index contributed by atoms with van der Waals surface area (Å²) in [5.41, 5.74) is 1.43. The second-order valence-corrected chi connectivity index (χ2v) is 9.51. The first-order valence-electron chi connectivity index (χ1n) is 10.3. The molecule has 138 valence electrons. The minimum absolute atomic E-state index is 0.448. The van der Waals surface area contributed by atoms with Crippen molar-refractivity contribution in [3.63, 3.8) is 0 Å². The highest BCUT2D eigenvalue weighted by molar-refractivity contribution is 7.80. The van der Waals surface area contributed by atoms with Crippen LogP contribution in [0.1, 0.15) is 57.1 Å². The van der Waals surface area contributed by atoms with Crippen molar-refractivity contribution in [2.45, 2.75) is 57.5 Å². The zero-order valence-electron chi connectivity index (χ0n) is 16.0. The van der Waals surface area contributed by atoms with Gasteiger partial charge in [0.2, 0.25) is 0 Å². The van der Waals surface area contributed by atoms with Gasteiger partial charge >= 0.3 is 0 Å². The van der Waals surface area contributed by atoms with Gasteiger partial charge in [0.15, 0.2) is 5.11 Å². The van der Waals surface area contributed by atoms with Gasteiger partial charge in [-0.3, -0.25) is 0 Å². The first kappa shape index (κ1) is 18.9. The second kappa shape index (κ2) is 9.18. The second-order valence-electron chi connectivity index (χ2n) is 8.14. The Morgan fingerprint density at radius 3 is 2.48 bits per heavy atom. The third-order valence-corrected chi connectivity index (χ3v) is 7.29. The average Bonchev–Trinajstić information content (AvgIpc) is 2.94. The molecule has 1 aromatic rings. The van der Waals surface area contributed by atoms with Gasteiger partial charge < -0.3 is 9.80 Å². The van der Waals surface area contributed by atoms with Gasteiger partial charge in [-0.25, -0.2) is 0 Å². The van der Waals surface area contributed by atoms with E-state index in [1.165, 1.54) is 60.4 Å². The van der Waals surface area contributed by atoms with Crippen LogP contribution >= 0.6 is 12.2 Å². The van der Waals surface area contributed by atoms with Crippen LogP contribution in [0.4, 0.5) is 0 Å². The van der Waals surface area contributed by atoms with Crippen molar-refractivity contribution in [1.82, 2.24) is 9.80 Å². The lowest BCUT2D eigenvalue weighted by atomic mass is 9.82. The molecule has 1 aliphatic carbocycles. The maximum Gasteiger partial charge on any atom is 0.172 e. The minimum atomic E-state index is 0.448. The molecule has 2 aliphatic rings. The molecule has 25 heavy (non-hydrogen) atoms. The first-order valence-corrected chi connectivity index (χ1v) is 12.1. The summed E-state index contributed by atoms with van der Waals surface area (Å²) in [6.07, 6.45) is 8.20. The number of rotatable bonds is 7. The Morgan fingerprint density at radius 2 is 1.80 bits per heavy atom. The maximum absolute atomic E-state index is 5.94. The monoisotopic (exact) mass is 374 g/mol. The molecule has 4 heteroatoms. The number of benzene rings is 1. The van der Waals surface area contributed by atoms with E-state index in [4.69, 9.17) is 12.2 Å². The van der Waals surface area contributed by atoms with E-state index >= 15 is 0 Å². The van der Waals surface area contributed by atoms with Crippen LogP contribution in [0.25, 0.3) is 0 Å². The molecule has 1 aromatic carbocycles. The molecule has 2 fully saturated rings. The van der Waals surface area contributed by atoms with Crippen LogP contribution in [0.2, 0.25) is 6.04 Å². The van der Waals surface area contributed by atoms with E-state index in [0.29, 0.717) is 6.04 Å². The fraction of sp³-hybridized carbons (Fsp3) is 0.667. The Hall–Kier alpha value is -0.873. The molecule has 0 radical (unpaired) electrons. The molecule has 0 aromatic heterocycles. The van der Waals surface area contributed by atoms with Gasteiger partial charge in [-0.1, -0.05) is 62.6 Å². The number of unbranched alkanes of at least 4 members (excludes halogenated alkanes) is 1. The Bertz CT molecular complexity index is 542. The molecule has 1 atom stereocenters. The summed E-state index contributed by atoms with van der Waals surface area (Å²) in [6.45, 7) is 5.78. The molecular formula is C21H34N2SSi. The smallest absolute Gasteiger partial charge is 0.172 e. The lowest BCUT2D eigenvalue weighted by Gasteiger charge is -2.33. The Morgan fingerprint density at radius 1 is 1.08 bits per heavy atom. The van der Waals surface area contributed by atoms with Crippen LogP contribution in [-0.2, 0) is 0 Å². The standard InChI is InChI=1S/C21H34N2SSi/c1-17-9-11-18(12-10-17)15-23-20(19-7-3-2-4-8-19)16-22(21(23)24)13-5-6-14-25/h2-4,7-8,17-18,20H,5-6,9-16H2,1,25H3/t17?,18?,20-/m0/s1. The Balaban J connectivity index is 1.70. The average molecular weight is 375 g/mol. The van der Waals surface area contributed by atoms with Crippen molar-refractivity contribution < 1.29 is 0 Å². The largest absolute Gasteiger partial charge is 0.347 e. The zero-order chi connectivity index (χ0) is 17.6. The quantitative estimate of drug-likeness (QED) is 0.404. The minimum Gasteiger partial charge on any atom is -0.347 e. The summed E-state index contributed by atoms with van der Waals surface area (Å²) in [5.74, 6) is 1.74. The van der Waals surface area contributed by atoms with Crippen molar-refractivity contribution in [3.8, 4) is 0 Å². The number of hydrogen-bond donors (Lipinski definition) is 0. The molecule has 1 saturated heterocycles. The Labute approximate surface area is 162 Å². The van der Waals surface area contributed by atoms with Crippen molar-refractivity contribution in [2.24, 2.45) is 11.8 Å². The highest BCUT2D eigenvalue weighted by atomic mass is 32.1. The molecule has 0 N–H and O–H groups in total. The highest BCUT2D eigenvalue weighted by Crippen LogP contribution is 2.35. The van der Waals surface area contributed by atoms with E-state index in [1.807, 2.05) is 0 Å². The van der Waals surface area contributed by atoms with Crippen LogP contribution in [0.3, 0.4) is 0 Å². The molecule has 0 unspecified atom stereocenters. The van der Waals surface area contributed by atoms with Gasteiger partial charge in [0.25, 0.3) is 0 Å². The molecule has 1 aliphatic heterocycles. The van der Waals surface area contributed by atoms with Crippen LogP contribution in [0.15, 0.2) is 30.3 Å². The number of hydrogen-bond acceptors (Lipinski definition) is 1. The lowest BCUT2D eigenvalue weighted by molar-refractivity contribution is 0.223. The van der Waals surface area contributed by atoms with Crippen LogP contribution in [0, 0.1) is 11.8 Å². The molecular weight excluding hydrogens is 340 g/mol. The van der Waals surface area contributed by atoms with Crippen molar-refractivity contribution in [1.29, 1.82) is 0 Å². The van der Waals surface area contributed by atoms with Crippen molar-refractivity contribution in [2.75, 3.05) is 19.6 Å². The third kappa shape index (κ3) is 4.85. The van der Waals surface area contributed by atoms with E-state index in [-0.39, 0.29) is 0 Å². The van der Waals surface area contributed by atoms with Crippen molar-refractivity contribution >= 4 is 27.6 Å². The van der Waals surface area contributed by atoms with Crippen molar-refractivity contribution in [3.05, 3.63) is 35.9 Å². The first-order chi connectivity index (χ1) is 12.2. The SMILES string of the molecule is CC1CCC(CN2C(=S)N(CCCC[SiH3])C[C@H]2c2ccccc2)CC1. The summed E-state index contributed by atoms with van der Waals surface area (Å²) < 4.78 is 0. The topological polar surface area (TPSA) is 6.48 Å². The summed E-state index contributed by atoms with van der Waals surface area (Å²) in [5, 5.41) is 1.11. The van der Waals surface area contributed by atoms with E-state index in [0.717, 1.165) is 36.6 Å². The molecule has 0 amide bonds. The molecule has 1 heterocycles. The highest BCUT2D eigenvalue weighted by Gasteiger charge is 2.36. The number of thiocarbonyl (C=S) groups is 1. The molecule has 1 saturated carbocycles. The summed E-state index contributed by atoms with van der Waals surface area (Å²) in [6, 6.07) is 12.9. The van der Waals surface area contributed by atoms with Gasteiger partial charge in [0.1, 0.15) is 0 Å². The van der Waals surface area contributed by atoms with Gasteiger partial charge in [0.05, 0.1) is 6.04 Å². The van der Waals surface area contributed by atoms with Crippen LogP contribution in [0.5, 0.6) is 0 Å². The molecule has 3 rings (SSSR count). The third-order valence-electron chi connectivity index (χ3n) is 6.09. The summed E-state index contributed by atoms with van der Waals surface area (Å²) in [4.78, 5) is 5.04. The van der Waals surface area contributed by atoms with E-state index in [2.05, 4.69) is 47.1 Å². The molecule has 0 bridgehead atoms.